The fourth-order valence-electron chi connectivity index (χ4n) is 9.92. The Morgan fingerprint density at radius 1 is 0.968 bits per heavy atom. The second-order valence-electron chi connectivity index (χ2n) is 17.9. The van der Waals surface area contributed by atoms with E-state index < -0.39 is 36.0 Å². The molecule has 7 heterocycles. The van der Waals surface area contributed by atoms with E-state index in [4.69, 9.17) is 21.3 Å². The maximum absolute atomic E-state index is 15.8. The van der Waals surface area contributed by atoms with Crippen LogP contribution in [0.5, 0.6) is 5.75 Å². The summed E-state index contributed by atoms with van der Waals surface area (Å²) in [5.41, 5.74) is 2.69. The van der Waals surface area contributed by atoms with Crippen molar-refractivity contribution in [3.63, 3.8) is 0 Å². The van der Waals surface area contributed by atoms with E-state index in [9.17, 15) is 14.4 Å². The summed E-state index contributed by atoms with van der Waals surface area (Å²) in [6.07, 6.45) is 4.46. The van der Waals surface area contributed by atoms with E-state index in [0.717, 1.165) is 44.7 Å². The lowest BCUT2D eigenvalue weighted by Crippen LogP contribution is -2.50. The van der Waals surface area contributed by atoms with E-state index in [1.54, 1.807) is 43.2 Å². The highest BCUT2D eigenvalue weighted by Gasteiger charge is 2.51. The van der Waals surface area contributed by atoms with Crippen LogP contribution in [-0.2, 0) is 23.7 Å². The molecule has 4 fully saturated rings. The first-order valence-corrected chi connectivity index (χ1v) is 22.1. The van der Waals surface area contributed by atoms with Gasteiger partial charge in [0.2, 0.25) is 23.5 Å². The van der Waals surface area contributed by atoms with Crippen LogP contribution >= 0.6 is 11.6 Å². The molecule has 332 valence electrons. The molecular weight excluding hydrogens is 839 g/mol. The number of amides is 2. The van der Waals surface area contributed by atoms with Crippen molar-refractivity contribution in [2.45, 2.75) is 56.9 Å². The van der Waals surface area contributed by atoms with Crippen molar-refractivity contribution in [3.05, 3.63) is 63.4 Å². The highest BCUT2D eigenvalue weighted by atomic mass is 35.5. The third kappa shape index (κ3) is 7.68. The number of hydrogen-bond donors (Lipinski definition) is 3. The average molecular weight is 888 g/mol. The summed E-state index contributed by atoms with van der Waals surface area (Å²) in [7, 11) is 3.38. The number of anilines is 5. The van der Waals surface area contributed by atoms with Gasteiger partial charge in [-0.1, -0.05) is 18.5 Å². The molecule has 1 aliphatic carbocycles. The lowest BCUT2D eigenvalue weighted by Gasteiger charge is -2.42. The number of fused-ring (bicyclic) bond motifs is 4. The van der Waals surface area contributed by atoms with E-state index >= 15 is 13.2 Å². The van der Waals surface area contributed by atoms with E-state index in [1.807, 2.05) is 6.07 Å². The van der Waals surface area contributed by atoms with Gasteiger partial charge in [0.25, 0.3) is 5.56 Å². The normalized spacial score (nSPS) is 24.2. The van der Waals surface area contributed by atoms with Gasteiger partial charge in [0.15, 0.2) is 12.4 Å². The van der Waals surface area contributed by atoms with Gasteiger partial charge in [0, 0.05) is 82.8 Å². The molecule has 0 bridgehead atoms. The van der Waals surface area contributed by atoms with Crippen LogP contribution in [0.15, 0.2) is 41.3 Å². The molecule has 2 unspecified atom stereocenters. The third-order valence-electron chi connectivity index (χ3n) is 13.7. The number of pyridine rings is 1. The molecule has 63 heavy (non-hydrogen) atoms. The second-order valence-corrected chi connectivity index (χ2v) is 18.3. The number of alkyl halides is 2. The quantitative estimate of drug-likeness (QED) is 0.162. The summed E-state index contributed by atoms with van der Waals surface area (Å²) in [6, 6.07) is 7.51. The summed E-state index contributed by atoms with van der Waals surface area (Å²) in [5, 5.41) is 14.8. The fraction of sp³-hybridized carbons (Fsp3) is 0.500. The van der Waals surface area contributed by atoms with Gasteiger partial charge >= 0.3 is 5.92 Å². The Morgan fingerprint density at radius 2 is 1.76 bits per heavy atom. The maximum atomic E-state index is 15.8. The number of nitrogens with one attached hydrogen (secondary N) is 3. The number of aryl methyl sites for hydroxylation is 2. The maximum Gasteiger partial charge on any atom is 0.301 e. The molecule has 4 aliphatic heterocycles. The van der Waals surface area contributed by atoms with E-state index in [0.29, 0.717) is 94.3 Å². The zero-order valence-corrected chi connectivity index (χ0v) is 36.0. The molecule has 0 spiro atoms. The number of aromatic nitrogens is 5. The zero-order chi connectivity index (χ0) is 43.9. The van der Waals surface area contributed by atoms with Crippen LogP contribution in [0.1, 0.15) is 50.6 Å². The van der Waals surface area contributed by atoms with E-state index in [1.165, 1.54) is 10.6 Å². The van der Waals surface area contributed by atoms with Crippen molar-refractivity contribution in [2.75, 3.05) is 72.9 Å². The van der Waals surface area contributed by atoms with Gasteiger partial charge in [-0.3, -0.25) is 29.3 Å². The molecule has 10 rings (SSSR count). The molecule has 3 aromatic heterocycles. The minimum Gasteiger partial charge on any atom is -0.480 e. The van der Waals surface area contributed by atoms with Crippen molar-refractivity contribution in [3.8, 4) is 5.75 Å². The number of imide groups is 1. The van der Waals surface area contributed by atoms with Crippen LogP contribution in [0.4, 0.5) is 42.0 Å². The van der Waals surface area contributed by atoms with Crippen molar-refractivity contribution in [2.24, 2.45) is 31.8 Å². The summed E-state index contributed by atoms with van der Waals surface area (Å²) >= 11 is 6.65. The van der Waals surface area contributed by atoms with Crippen LogP contribution in [0.25, 0.3) is 21.8 Å². The van der Waals surface area contributed by atoms with E-state index in [-0.39, 0.29) is 35.5 Å². The lowest BCUT2D eigenvalue weighted by atomic mass is 9.86. The van der Waals surface area contributed by atoms with Gasteiger partial charge in [-0.15, -0.1) is 0 Å². The molecule has 19 heteroatoms. The van der Waals surface area contributed by atoms with Crippen LogP contribution < -0.4 is 36.0 Å². The van der Waals surface area contributed by atoms with E-state index in [2.05, 4.69) is 47.7 Å². The molecule has 2 aromatic carbocycles. The van der Waals surface area contributed by atoms with Crippen LogP contribution in [0.3, 0.4) is 0 Å². The first-order valence-electron chi connectivity index (χ1n) is 21.7. The number of carbonyl (C=O) groups is 2. The number of halogens is 4. The van der Waals surface area contributed by atoms with Gasteiger partial charge < -0.3 is 29.7 Å². The van der Waals surface area contributed by atoms with Crippen LogP contribution in [0.2, 0.25) is 5.02 Å². The van der Waals surface area contributed by atoms with Crippen LogP contribution in [0, 0.1) is 23.6 Å². The van der Waals surface area contributed by atoms with Gasteiger partial charge in [0.05, 0.1) is 46.3 Å². The zero-order valence-electron chi connectivity index (χ0n) is 35.3. The Bertz CT molecular complexity index is 2720. The first kappa shape index (κ1) is 41.4. The second kappa shape index (κ2) is 15.9. The van der Waals surface area contributed by atoms with Gasteiger partial charge in [-0.25, -0.2) is 18.2 Å². The Morgan fingerprint density at radius 3 is 2.51 bits per heavy atom. The minimum atomic E-state index is -3.14. The van der Waals surface area contributed by atoms with Crippen molar-refractivity contribution in [1.29, 1.82) is 0 Å². The number of benzene rings is 2. The SMILES string of the molecule is C[C@@H]1CN(c2ncc(Cl)c(Nc3ccc4c(c3)c3c(c(=O)n4C)OCC(F)(F)C(C4CC4)N3)n2)CC[C@@H]1CN1CCN(c2cc3c(cc2F)c(C2CCC(=O)NC2=O)nn3C)CC1. The number of piperazine rings is 1. The molecule has 2 amide bonds. The number of rotatable bonds is 8. The molecule has 5 aromatic rings. The number of piperidine rings is 2. The van der Waals surface area contributed by atoms with Crippen molar-refractivity contribution >= 4 is 74.0 Å². The Balaban J connectivity index is 0.784. The first-order chi connectivity index (χ1) is 30.2. The molecule has 3 N–H and O–H groups in total. The monoisotopic (exact) mass is 887 g/mol. The summed E-state index contributed by atoms with van der Waals surface area (Å²) in [4.78, 5) is 53.7. The smallest absolute Gasteiger partial charge is 0.301 e. The molecule has 1 saturated carbocycles. The molecule has 3 saturated heterocycles. The largest absolute Gasteiger partial charge is 0.480 e. The number of carbonyl (C=O) groups excluding carboxylic acids is 2. The molecule has 0 radical (unpaired) electrons. The fourth-order valence-corrected chi connectivity index (χ4v) is 10.1. The number of ether oxygens (including phenoxy) is 1. The lowest BCUT2D eigenvalue weighted by molar-refractivity contribution is -0.134. The molecular formula is C44H49ClF3N11O4. The summed E-state index contributed by atoms with van der Waals surface area (Å²) in [6.45, 7) is 6.71. The predicted octanol–water partition coefficient (Wildman–Crippen LogP) is 5.77. The summed E-state index contributed by atoms with van der Waals surface area (Å²) < 4.78 is 54.7. The van der Waals surface area contributed by atoms with Gasteiger partial charge in [-0.05, 0) is 73.8 Å². The Hall–Kier alpha value is -5.62. The highest BCUT2D eigenvalue weighted by molar-refractivity contribution is 6.33. The molecule has 5 aliphatic rings. The summed E-state index contributed by atoms with van der Waals surface area (Å²) in [5.74, 6) is -3.41. The standard InChI is InChI=1S/C44H49ClF3N11O4/c1-23-20-59(11-10-25(23)21-57-12-14-58(15-13-57)34-18-33-29(17-31(34)46)36(54-56(33)3)27-7-9-35(60)51-41(27)61)43-49-19-30(45)40(53-43)50-26-6-8-32-28(16-26)37-38(42(62)55(32)2)63-22-44(47,48)39(52-37)24-4-5-24/h6,8,16-19,23-25,27,39,52H,4-5,7,9-15,20-22H2,1-3H3,(H,49,50,53)(H,51,60,61)/t23-,25-,27?,39?/m1/s1. The Labute approximate surface area is 365 Å². The Kier molecular flexibility index (Phi) is 10.4. The van der Waals surface area contributed by atoms with Gasteiger partial charge in [-0.2, -0.15) is 10.1 Å². The van der Waals surface area contributed by atoms with Crippen molar-refractivity contribution in [1.82, 2.24) is 34.5 Å². The topological polar surface area (TPSA) is 155 Å². The molecule has 4 atom stereocenters. The highest BCUT2D eigenvalue weighted by Crippen LogP contribution is 2.46. The minimum absolute atomic E-state index is 0.119. The number of hydrogen-bond acceptors (Lipinski definition) is 12. The van der Waals surface area contributed by atoms with Crippen LogP contribution in [-0.4, -0.2) is 105 Å². The number of nitrogens with zero attached hydrogens (tertiary/aromatic N) is 8. The predicted molar refractivity (Wildman–Crippen MR) is 234 cm³/mol. The van der Waals surface area contributed by atoms with Crippen molar-refractivity contribution < 1.29 is 27.5 Å². The third-order valence-corrected chi connectivity index (χ3v) is 14.0. The average Bonchev–Trinajstić information content (AvgIpc) is 4.07. The van der Waals surface area contributed by atoms with Gasteiger partial charge in [0.1, 0.15) is 10.8 Å². The molecule has 15 nitrogen and oxygen atoms in total.